The first kappa shape index (κ1) is 23.7. The summed E-state index contributed by atoms with van der Waals surface area (Å²) in [6.45, 7) is 9.19. The monoisotopic (exact) mass is 382 g/mol. The molecule has 5 heteroatoms. The van der Waals surface area contributed by atoms with Crippen LogP contribution in [0, 0.1) is 5.41 Å². The van der Waals surface area contributed by atoms with Gasteiger partial charge in [-0.05, 0) is 34.1 Å². The van der Waals surface area contributed by atoms with Gasteiger partial charge in [-0.1, -0.05) is 57.4 Å². The Kier molecular flexibility index (Phi) is 9.51. The van der Waals surface area contributed by atoms with Gasteiger partial charge in [0.15, 0.2) is 5.60 Å². The smallest absolute Gasteiger partial charge is 0.334 e. The van der Waals surface area contributed by atoms with Crippen LogP contribution >= 0.6 is 0 Å². The second kappa shape index (κ2) is 10.8. The van der Waals surface area contributed by atoms with Gasteiger partial charge in [0.05, 0.1) is 12.0 Å². The number of aliphatic hydroxyl groups excluding tert-OH is 1. The molecule has 1 aliphatic rings. The fraction of sp³-hybridized carbons (Fsp3) is 0.818. The number of rotatable bonds is 12. The molecule has 0 aromatic rings. The van der Waals surface area contributed by atoms with Crippen molar-refractivity contribution in [1.82, 2.24) is 0 Å². The van der Waals surface area contributed by atoms with E-state index in [0.717, 1.165) is 24.8 Å². The molecule has 0 aliphatic carbocycles. The minimum atomic E-state index is -1.14. The standard InChI is InChI=1S/C22H38O5/c1-6-7-8-9-10-11-12-13-21(4,5)20(25)26-16-22(15-23)14-18(17(2)3)19(24)27-22/h23H,6-16H2,1-5H3. The topological polar surface area (TPSA) is 72.8 Å². The average molecular weight is 383 g/mol. The first-order chi connectivity index (χ1) is 12.7. The minimum absolute atomic E-state index is 0.106. The van der Waals surface area contributed by atoms with E-state index in [2.05, 4.69) is 6.92 Å². The molecule has 0 radical (unpaired) electrons. The summed E-state index contributed by atoms with van der Waals surface area (Å²) in [5.41, 5.74) is -0.306. The summed E-state index contributed by atoms with van der Waals surface area (Å²) >= 11 is 0. The molecule has 0 spiro atoms. The van der Waals surface area contributed by atoms with Crippen molar-refractivity contribution in [1.29, 1.82) is 0 Å². The van der Waals surface area contributed by atoms with Crippen LogP contribution in [-0.4, -0.2) is 35.9 Å². The molecule has 1 rings (SSSR count). The highest BCUT2D eigenvalue weighted by molar-refractivity contribution is 5.92. The summed E-state index contributed by atoms with van der Waals surface area (Å²) < 4.78 is 10.8. The third-order valence-electron chi connectivity index (χ3n) is 5.37. The van der Waals surface area contributed by atoms with Crippen molar-refractivity contribution >= 4 is 11.9 Å². The van der Waals surface area contributed by atoms with E-state index in [-0.39, 0.29) is 25.6 Å². The maximum atomic E-state index is 12.5. The van der Waals surface area contributed by atoms with Gasteiger partial charge in [-0.25, -0.2) is 4.79 Å². The number of ether oxygens (including phenoxy) is 2. The largest absolute Gasteiger partial charge is 0.461 e. The van der Waals surface area contributed by atoms with Gasteiger partial charge in [0.2, 0.25) is 0 Å². The van der Waals surface area contributed by atoms with Crippen molar-refractivity contribution in [3.63, 3.8) is 0 Å². The number of esters is 2. The summed E-state index contributed by atoms with van der Waals surface area (Å²) in [5, 5.41) is 9.72. The van der Waals surface area contributed by atoms with Crippen LogP contribution in [0.4, 0.5) is 0 Å². The van der Waals surface area contributed by atoms with Crippen LogP contribution in [0.2, 0.25) is 0 Å². The van der Waals surface area contributed by atoms with Gasteiger partial charge in [-0.15, -0.1) is 0 Å². The Morgan fingerprint density at radius 3 is 2.26 bits per heavy atom. The van der Waals surface area contributed by atoms with E-state index in [0.29, 0.717) is 5.57 Å². The lowest BCUT2D eigenvalue weighted by Crippen LogP contribution is -2.41. The number of unbranched alkanes of at least 4 members (excludes halogenated alkanes) is 6. The Hall–Kier alpha value is -1.36. The molecular weight excluding hydrogens is 344 g/mol. The number of hydrogen-bond donors (Lipinski definition) is 1. The molecule has 27 heavy (non-hydrogen) atoms. The molecule has 0 saturated carbocycles. The Balaban J connectivity index is 2.45. The predicted octanol–water partition coefficient (Wildman–Crippen LogP) is 4.71. The van der Waals surface area contributed by atoms with E-state index in [1.165, 1.54) is 32.1 Å². The van der Waals surface area contributed by atoms with E-state index in [1.807, 2.05) is 27.7 Å². The maximum absolute atomic E-state index is 12.5. The van der Waals surface area contributed by atoms with Crippen LogP contribution in [0.3, 0.4) is 0 Å². The SMILES string of the molecule is CCCCCCCCCC(C)(C)C(=O)OCC1(CO)CC(=C(C)C)C(=O)O1. The lowest BCUT2D eigenvalue weighted by molar-refractivity contribution is -0.172. The third kappa shape index (κ3) is 7.28. The van der Waals surface area contributed by atoms with Gasteiger partial charge in [-0.3, -0.25) is 4.79 Å². The van der Waals surface area contributed by atoms with Crippen LogP contribution in [-0.2, 0) is 19.1 Å². The van der Waals surface area contributed by atoms with Crippen LogP contribution in [0.15, 0.2) is 11.1 Å². The molecular formula is C22H38O5. The van der Waals surface area contributed by atoms with Crippen LogP contribution in [0.5, 0.6) is 0 Å². The number of carbonyl (C=O) groups excluding carboxylic acids is 2. The lowest BCUT2D eigenvalue weighted by atomic mass is 9.86. The van der Waals surface area contributed by atoms with E-state index in [1.54, 1.807) is 0 Å². The minimum Gasteiger partial charge on any atom is -0.461 e. The van der Waals surface area contributed by atoms with Gasteiger partial charge in [0.25, 0.3) is 0 Å². The lowest BCUT2D eigenvalue weighted by Gasteiger charge is -2.28. The zero-order valence-corrected chi connectivity index (χ0v) is 17.9. The van der Waals surface area contributed by atoms with Crippen LogP contribution in [0.25, 0.3) is 0 Å². The summed E-state index contributed by atoms with van der Waals surface area (Å²) in [4.78, 5) is 24.5. The molecule has 0 amide bonds. The molecule has 1 unspecified atom stereocenters. The first-order valence-electron chi connectivity index (χ1n) is 10.4. The number of carbonyl (C=O) groups is 2. The van der Waals surface area contributed by atoms with E-state index in [9.17, 15) is 14.7 Å². The van der Waals surface area contributed by atoms with Gasteiger partial charge >= 0.3 is 11.9 Å². The van der Waals surface area contributed by atoms with E-state index >= 15 is 0 Å². The Morgan fingerprint density at radius 2 is 1.74 bits per heavy atom. The summed E-state index contributed by atoms with van der Waals surface area (Å²) in [5.74, 6) is -0.731. The zero-order valence-electron chi connectivity index (χ0n) is 17.9. The van der Waals surface area contributed by atoms with Gasteiger partial charge < -0.3 is 14.6 Å². The summed E-state index contributed by atoms with van der Waals surface area (Å²) in [6.07, 6.45) is 9.47. The predicted molar refractivity (Wildman–Crippen MR) is 106 cm³/mol. The van der Waals surface area contributed by atoms with Gasteiger partial charge in [-0.2, -0.15) is 0 Å². The second-order valence-electron chi connectivity index (χ2n) is 8.72. The molecule has 1 aliphatic heterocycles. The summed E-state index contributed by atoms with van der Waals surface area (Å²) in [7, 11) is 0. The third-order valence-corrected chi connectivity index (χ3v) is 5.37. The molecule has 156 valence electrons. The van der Waals surface area contributed by atoms with Gasteiger partial charge in [0.1, 0.15) is 6.61 Å². The molecule has 1 atom stereocenters. The van der Waals surface area contributed by atoms with Crippen molar-refractivity contribution in [2.45, 2.75) is 98.0 Å². The first-order valence-corrected chi connectivity index (χ1v) is 10.4. The van der Waals surface area contributed by atoms with Crippen LogP contribution in [0.1, 0.15) is 92.4 Å². The Bertz CT molecular complexity index is 531. The molecule has 0 aromatic heterocycles. The number of allylic oxidation sites excluding steroid dienone is 1. The molecule has 1 fully saturated rings. The normalized spacial score (nSPS) is 19.9. The quantitative estimate of drug-likeness (QED) is 0.301. The van der Waals surface area contributed by atoms with Crippen molar-refractivity contribution < 1.29 is 24.2 Å². The molecule has 1 saturated heterocycles. The molecule has 0 aromatic carbocycles. The molecule has 5 nitrogen and oxygen atoms in total. The Morgan fingerprint density at radius 1 is 1.15 bits per heavy atom. The zero-order chi connectivity index (χ0) is 20.5. The van der Waals surface area contributed by atoms with Crippen molar-refractivity contribution in [2.75, 3.05) is 13.2 Å². The van der Waals surface area contributed by atoms with Crippen molar-refractivity contribution in [3.8, 4) is 0 Å². The van der Waals surface area contributed by atoms with Crippen LogP contribution < -0.4 is 0 Å². The van der Waals surface area contributed by atoms with E-state index < -0.39 is 17.0 Å². The molecule has 1 N–H and O–H groups in total. The summed E-state index contributed by atoms with van der Waals surface area (Å²) in [6, 6.07) is 0. The maximum Gasteiger partial charge on any atom is 0.334 e. The fourth-order valence-electron chi connectivity index (χ4n) is 3.30. The van der Waals surface area contributed by atoms with E-state index in [4.69, 9.17) is 9.47 Å². The highest BCUT2D eigenvalue weighted by Crippen LogP contribution is 2.34. The fourth-order valence-corrected chi connectivity index (χ4v) is 3.30. The number of aliphatic hydroxyl groups is 1. The van der Waals surface area contributed by atoms with Crippen molar-refractivity contribution in [3.05, 3.63) is 11.1 Å². The number of cyclic esters (lactones) is 1. The Labute approximate surface area is 164 Å². The average Bonchev–Trinajstić information content (AvgIpc) is 2.96. The number of hydrogen-bond acceptors (Lipinski definition) is 5. The molecule has 1 heterocycles. The highest BCUT2D eigenvalue weighted by Gasteiger charge is 2.45. The van der Waals surface area contributed by atoms with Gasteiger partial charge in [0, 0.05) is 12.0 Å². The second-order valence-corrected chi connectivity index (χ2v) is 8.72. The highest BCUT2D eigenvalue weighted by atomic mass is 16.6. The van der Waals surface area contributed by atoms with Crippen molar-refractivity contribution in [2.24, 2.45) is 5.41 Å². The molecule has 0 bridgehead atoms.